The molecular weight excluding hydrogens is 172 g/mol. The average molecular weight is 186 g/mol. The van der Waals surface area contributed by atoms with E-state index < -0.39 is 0 Å². The van der Waals surface area contributed by atoms with Crippen LogP contribution in [0.5, 0.6) is 0 Å². The van der Waals surface area contributed by atoms with Gasteiger partial charge in [0, 0.05) is 6.54 Å². The quantitative estimate of drug-likeness (QED) is 0.669. The van der Waals surface area contributed by atoms with Gasteiger partial charge in [-0.2, -0.15) is 0 Å². The molecule has 0 fully saturated rings. The van der Waals surface area contributed by atoms with Gasteiger partial charge in [0.25, 0.3) is 0 Å². The van der Waals surface area contributed by atoms with Crippen LogP contribution in [0, 0.1) is 0 Å². The van der Waals surface area contributed by atoms with Crippen LogP contribution in [0.1, 0.15) is 18.4 Å². The summed E-state index contributed by atoms with van der Waals surface area (Å²) >= 11 is 1.61. The number of nitrogens with two attached hydrogens (primary N) is 1. The summed E-state index contributed by atoms with van der Waals surface area (Å²) in [5, 5.41) is 13.1. The fraction of sp³-hybridized carbons (Fsp3) is 0.714. The Kier molecular flexibility index (Phi) is 3.96. The molecular formula is C7H14N4S. The molecule has 0 radical (unpaired) electrons. The summed E-state index contributed by atoms with van der Waals surface area (Å²) in [6.07, 6.45) is 1.93. The van der Waals surface area contributed by atoms with Gasteiger partial charge in [-0.3, -0.25) is 0 Å². The Hall–Kier alpha value is -0.680. The maximum atomic E-state index is 5.35. The van der Waals surface area contributed by atoms with Gasteiger partial charge in [-0.25, -0.2) is 0 Å². The molecule has 5 heteroatoms. The molecule has 0 saturated heterocycles. The lowest BCUT2D eigenvalue weighted by Crippen LogP contribution is -2.08. The first-order chi connectivity index (χ1) is 5.86. The topological polar surface area (TPSA) is 63.8 Å². The third kappa shape index (κ3) is 2.75. The van der Waals surface area contributed by atoms with Gasteiger partial charge in [0.1, 0.15) is 5.01 Å². The van der Waals surface area contributed by atoms with Crippen molar-refractivity contribution in [2.75, 3.05) is 18.4 Å². The second-order valence-corrected chi connectivity index (χ2v) is 3.49. The summed E-state index contributed by atoms with van der Waals surface area (Å²) in [6, 6.07) is 0. The molecule has 0 atom stereocenters. The molecule has 12 heavy (non-hydrogen) atoms. The van der Waals surface area contributed by atoms with E-state index in [4.69, 9.17) is 5.73 Å². The summed E-state index contributed by atoms with van der Waals surface area (Å²) in [4.78, 5) is 0. The van der Waals surface area contributed by atoms with Crippen molar-refractivity contribution in [1.82, 2.24) is 10.2 Å². The zero-order chi connectivity index (χ0) is 8.81. The third-order valence-electron chi connectivity index (χ3n) is 1.43. The van der Waals surface area contributed by atoms with Crippen molar-refractivity contribution in [1.29, 1.82) is 0 Å². The van der Waals surface area contributed by atoms with Crippen molar-refractivity contribution >= 4 is 16.5 Å². The Morgan fingerprint density at radius 1 is 1.50 bits per heavy atom. The van der Waals surface area contributed by atoms with Crippen LogP contribution in [0.15, 0.2) is 0 Å². The highest BCUT2D eigenvalue weighted by Gasteiger charge is 1.99. The second kappa shape index (κ2) is 5.05. The zero-order valence-electron chi connectivity index (χ0n) is 7.21. The number of hydrogen-bond acceptors (Lipinski definition) is 5. The van der Waals surface area contributed by atoms with E-state index in [1.807, 2.05) is 0 Å². The Bertz CT molecular complexity index is 223. The predicted octanol–water partition coefficient (Wildman–Crippen LogP) is 0.861. The Morgan fingerprint density at radius 2 is 2.33 bits per heavy atom. The van der Waals surface area contributed by atoms with Gasteiger partial charge < -0.3 is 11.1 Å². The van der Waals surface area contributed by atoms with Crippen LogP contribution < -0.4 is 11.1 Å². The van der Waals surface area contributed by atoms with Gasteiger partial charge in [0.2, 0.25) is 5.13 Å². The molecule has 0 aromatic carbocycles. The van der Waals surface area contributed by atoms with Crippen LogP contribution in [0.2, 0.25) is 0 Å². The van der Waals surface area contributed by atoms with Gasteiger partial charge in [-0.15, -0.1) is 10.2 Å². The smallest absolute Gasteiger partial charge is 0.205 e. The number of hydrogen-bond donors (Lipinski definition) is 2. The predicted molar refractivity (Wildman–Crippen MR) is 51.4 cm³/mol. The minimum absolute atomic E-state index is 0.715. The number of rotatable bonds is 5. The van der Waals surface area contributed by atoms with E-state index >= 15 is 0 Å². The largest absolute Gasteiger partial charge is 0.360 e. The van der Waals surface area contributed by atoms with Crippen molar-refractivity contribution in [3.8, 4) is 0 Å². The van der Waals surface area contributed by atoms with Crippen molar-refractivity contribution < 1.29 is 0 Å². The van der Waals surface area contributed by atoms with Crippen LogP contribution in [0.3, 0.4) is 0 Å². The van der Waals surface area contributed by atoms with E-state index in [1.54, 1.807) is 11.3 Å². The maximum Gasteiger partial charge on any atom is 0.205 e. The summed E-state index contributed by atoms with van der Waals surface area (Å²) < 4.78 is 0. The highest BCUT2D eigenvalue weighted by molar-refractivity contribution is 7.15. The fourth-order valence-corrected chi connectivity index (χ4v) is 1.47. The lowest BCUT2D eigenvalue weighted by atomic mass is 10.4. The third-order valence-corrected chi connectivity index (χ3v) is 2.45. The van der Waals surface area contributed by atoms with Crippen molar-refractivity contribution in [2.45, 2.75) is 19.8 Å². The molecule has 1 aromatic heterocycles. The number of aryl methyl sites for hydroxylation is 1. The minimum Gasteiger partial charge on any atom is -0.360 e. The molecule has 68 valence electrons. The van der Waals surface area contributed by atoms with Crippen molar-refractivity contribution in [2.24, 2.45) is 5.73 Å². The van der Waals surface area contributed by atoms with E-state index in [0.29, 0.717) is 6.54 Å². The molecule has 1 heterocycles. The van der Waals surface area contributed by atoms with Crippen LogP contribution in [0.25, 0.3) is 0 Å². The molecule has 0 aliphatic rings. The zero-order valence-corrected chi connectivity index (χ0v) is 8.02. The molecule has 0 spiro atoms. The number of nitrogens with zero attached hydrogens (tertiary/aromatic N) is 2. The van der Waals surface area contributed by atoms with Gasteiger partial charge >= 0.3 is 0 Å². The molecule has 0 unspecified atom stereocenters. The number of nitrogens with one attached hydrogen (secondary N) is 1. The van der Waals surface area contributed by atoms with Crippen LogP contribution in [-0.2, 0) is 6.42 Å². The molecule has 1 rings (SSSR count). The summed E-state index contributed by atoms with van der Waals surface area (Å²) in [7, 11) is 0. The normalized spacial score (nSPS) is 10.2. The van der Waals surface area contributed by atoms with Crippen LogP contribution >= 0.6 is 11.3 Å². The minimum atomic E-state index is 0.715. The first-order valence-corrected chi connectivity index (χ1v) is 4.94. The van der Waals surface area contributed by atoms with Gasteiger partial charge in [-0.1, -0.05) is 18.3 Å². The molecule has 0 saturated carbocycles. The summed E-state index contributed by atoms with van der Waals surface area (Å²) in [6.45, 7) is 3.67. The molecule has 1 aromatic rings. The second-order valence-electron chi connectivity index (χ2n) is 2.42. The van der Waals surface area contributed by atoms with Crippen molar-refractivity contribution in [3.05, 3.63) is 5.01 Å². The first kappa shape index (κ1) is 9.41. The number of anilines is 1. The maximum absolute atomic E-state index is 5.35. The van der Waals surface area contributed by atoms with Crippen molar-refractivity contribution in [3.63, 3.8) is 0 Å². The van der Waals surface area contributed by atoms with Gasteiger partial charge in [0.15, 0.2) is 0 Å². The van der Waals surface area contributed by atoms with E-state index in [-0.39, 0.29) is 0 Å². The van der Waals surface area contributed by atoms with E-state index in [1.165, 1.54) is 0 Å². The SMILES string of the molecule is CCc1nnc(NCCCN)s1. The molecule has 0 bridgehead atoms. The monoisotopic (exact) mass is 186 g/mol. The Morgan fingerprint density at radius 3 is 2.92 bits per heavy atom. The lowest BCUT2D eigenvalue weighted by molar-refractivity contribution is 0.868. The standard InChI is InChI=1S/C7H14N4S/c1-2-6-10-11-7(12-6)9-5-3-4-8/h2-5,8H2,1H3,(H,9,11). The van der Waals surface area contributed by atoms with Gasteiger partial charge in [0.05, 0.1) is 0 Å². The highest BCUT2D eigenvalue weighted by atomic mass is 32.1. The van der Waals surface area contributed by atoms with Gasteiger partial charge in [-0.05, 0) is 19.4 Å². The average Bonchev–Trinajstić information content (AvgIpc) is 2.53. The molecule has 4 nitrogen and oxygen atoms in total. The molecule has 0 aliphatic carbocycles. The first-order valence-electron chi connectivity index (χ1n) is 4.13. The number of aromatic nitrogens is 2. The highest BCUT2D eigenvalue weighted by Crippen LogP contribution is 2.14. The van der Waals surface area contributed by atoms with E-state index in [0.717, 1.165) is 29.5 Å². The van der Waals surface area contributed by atoms with Crippen LogP contribution in [-0.4, -0.2) is 23.3 Å². The Labute approximate surface area is 76.2 Å². The Balaban J connectivity index is 2.31. The summed E-state index contributed by atoms with van der Waals surface area (Å²) in [5.41, 5.74) is 5.35. The lowest BCUT2D eigenvalue weighted by Gasteiger charge is -1.97. The van der Waals surface area contributed by atoms with E-state index in [2.05, 4.69) is 22.4 Å². The molecule has 3 N–H and O–H groups in total. The van der Waals surface area contributed by atoms with E-state index in [9.17, 15) is 0 Å². The van der Waals surface area contributed by atoms with Crippen LogP contribution in [0.4, 0.5) is 5.13 Å². The molecule has 0 amide bonds. The fourth-order valence-electron chi connectivity index (χ4n) is 0.765. The summed E-state index contributed by atoms with van der Waals surface area (Å²) in [5.74, 6) is 0. The molecule has 0 aliphatic heterocycles.